The van der Waals surface area contributed by atoms with Gasteiger partial charge in [-0.15, -0.1) is 0 Å². The Bertz CT molecular complexity index is 170. The Balaban J connectivity index is 2.24. The van der Waals surface area contributed by atoms with Gasteiger partial charge in [-0.1, -0.05) is 40.0 Å². The van der Waals surface area contributed by atoms with Crippen LogP contribution in [0.15, 0.2) is 0 Å². The molecule has 0 aliphatic heterocycles. The van der Waals surface area contributed by atoms with Crippen molar-refractivity contribution in [1.82, 2.24) is 4.90 Å². The predicted molar refractivity (Wildman–Crippen MR) is 72.7 cm³/mol. The van der Waals surface area contributed by atoms with E-state index in [1.54, 1.807) is 0 Å². The van der Waals surface area contributed by atoms with Crippen molar-refractivity contribution in [1.29, 1.82) is 0 Å². The standard InChI is InChI=1S/C15H31N/c1-5-7-14-8-10-15(11-9-14)16(4)12-13(3)6-2/h13-15H,5-12H2,1-4H3. The lowest BCUT2D eigenvalue weighted by Crippen LogP contribution is -2.37. The Labute approximate surface area is 103 Å². The zero-order valence-corrected chi connectivity index (χ0v) is 11.8. The van der Waals surface area contributed by atoms with E-state index in [0.717, 1.165) is 17.9 Å². The number of nitrogens with zero attached hydrogens (tertiary/aromatic N) is 1. The van der Waals surface area contributed by atoms with Gasteiger partial charge in [0.05, 0.1) is 0 Å². The monoisotopic (exact) mass is 225 g/mol. The smallest absolute Gasteiger partial charge is 0.00925 e. The molecular weight excluding hydrogens is 194 g/mol. The molecule has 0 heterocycles. The summed E-state index contributed by atoms with van der Waals surface area (Å²) in [5, 5.41) is 0. The molecule has 16 heavy (non-hydrogen) atoms. The van der Waals surface area contributed by atoms with E-state index in [9.17, 15) is 0 Å². The summed E-state index contributed by atoms with van der Waals surface area (Å²) >= 11 is 0. The molecule has 1 saturated carbocycles. The zero-order valence-electron chi connectivity index (χ0n) is 11.8. The summed E-state index contributed by atoms with van der Waals surface area (Å²) in [7, 11) is 2.33. The van der Waals surface area contributed by atoms with Crippen molar-refractivity contribution >= 4 is 0 Å². The Morgan fingerprint density at radius 3 is 2.25 bits per heavy atom. The highest BCUT2D eigenvalue weighted by Crippen LogP contribution is 2.30. The summed E-state index contributed by atoms with van der Waals surface area (Å²) in [5.41, 5.74) is 0. The molecule has 0 radical (unpaired) electrons. The van der Waals surface area contributed by atoms with Crippen LogP contribution in [0.2, 0.25) is 0 Å². The van der Waals surface area contributed by atoms with E-state index in [2.05, 4.69) is 32.7 Å². The lowest BCUT2D eigenvalue weighted by atomic mass is 9.83. The van der Waals surface area contributed by atoms with Crippen molar-refractivity contribution in [2.24, 2.45) is 11.8 Å². The molecule has 0 bridgehead atoms. The minimum atomic E-state index is 0.860. The van der Waals surface area contributed by atoms with Crippen molar-refractivity contribution in [2.75, 3.05) is 13.6 Å². The lowest BCUT2D eigenvalue weighted by molar-refractivity contribution is 0.144. The summed E-state index contributed by atoms with van der Waals surface area (Å²) in [4.78, 5) is 2.62. The minimum Gasteiger partial charge on any atom is -0.303 e. The summed E-state index contributed by atoms with van der Waals surface area (Å²) in [6.45, 7) is 8.29. The number of rotatable bonds is 6. The van der Waals surface area contributed by atoms with Gasteiger partial charge in [0.15, 0.2) is 0 Å². The molecular formula is C15H31N. The second kappa shape index (κ2) is 7.32. The molecule has 0 N–H and O–H groups in total. The van der Waals surface area contributed by atoms with Crippen molar-refractivity contribution in [2.45, 2.75) is 71.8 Å². The quantitative estimate of drug-likeness (QED) is 0.650. The molecule has 0 spiro atoms. The molecule has 1 unspecified atom stereocenters. The van der Waals surface area contributed by atoms with Crippen LogP contribution >= 0.6 is 0 Å². The van der Waals surface area contributed by atoms with Gasteiger partial charge in [0.2, 0.25) is 0 Å². The second-order valence-electron chi connectivity index (χ2n) is 5.92. The molecule has 0 aromatic heterocycles. The zero-order chi connectivity index (χ0) is 12.0. The Kier molecular flexibility index (Phi) is 6.41. The van der Waals surface area contributed by atoms with E-state index in [4.69, 9.17) is 0 Å². The third-order valence-electron chi connectivity index (χ3n) is 4.43. The van der Waals surface area contributed by atoms with Crippen LogP contribution in [-0.2, 0) is 0 Å². The SMILES string of the molecule is CCCC1CCC(N(C)CC(C)CC)CC1. The lowest BCUT2D eigenvalue weighted by Gasteiger charge is -2.35. The van der Waals surface area contributed by atoms with Crippen LogP contribution < -0.4 is 0 Å². The molecule has 1 heteroatoms. The predicted octanol–water partition coefficient (Wildman–Crippen LogP) is 4.32. The molecule has 1 nitrogen and oxygen atoms in total. The minimum absolute atomic E-state index is 0.860. The van der Waals surface area contributed by atoms with E-state index in [1.165, 1.54) is 51.5 Å². The fourth-order valence-corrected chi connectivity index (χ4v) is 3.05. The Hall–Kier alpha value is -0.0400. The largest absolute Gasteiger partial charge is 0.303 e. The van der Waals surface area contributed by atoms with E-state index in [1.807, 2.05) is 0 Å². The van der Waals surface area contributed by atoms with Crippen LogP contribution in [0.1, 0.15) is 65.7 Å². The van der Waals surface area contributed by atoms with Crippen molar-refractivity contribution in [3.8, 4) is 0 Å². The van der Waals surface area contributed by atoms with Crippen molar-refractivity contribution in [3.63, 3.8) is 0 Å². The first kappa shape index (κ1) is 14.0. The van der Waals surface area contributed by atoms with Crippen LogP contribution in [-0.4, -0.2) is 24.5 Å². The molecule has 0 aromatic carbocycles. The van der Waals surface area contributed by atoms with Crippen LogP contribution in [0.4, 0.5) is 0 Å². The molecule has 96 valence electrons. The Morgan fingerprint density at radius 2 is 1.75 bits per heavy atom. The normalized spacial score (nSPS) is 28.3. The third kappa shape index (κ3) is 4.45. The molecule has 1 aliphatic rings. The average Bonchev–Trinajstić information content (AvgIpc) is 2.30. The first-order valence-corrected chi connectivity index (χ1v) is 7.37. The highest BCUT2D eigenvalue weighted by molar-refractivity contribution is 4.78. The first-order valence-electron chi connectivity index (χ1n) is 7.37. The third-order valence-corrected chi connectivity index (χ3v) is 4.43. The van der Waals surface area contributed by atoms with E-state index in [-0.39, 0.29) is 0 Å². The average molecular weight is 225 g/mol. The van der Waals surface area contributed by atoms with E-state index < -0.39 is 0 Å². The van der Waals surface area contributed by atoms with E-state index >= 15 is 0 Å². The second-order valence-corrected chi connectivity index (χ2v) is 5.92. The number of hydrogen-bond acceptors (Lipinski definition) is 1. The first-order chi connectivity index (χ1) is 7.67. The van der Waals surface area contributed by atoms with Gasteiger partial charge >= 0.3 is 0 Å². The molecule has 1 fully saturated rings. The van der Waals surface area contributed by atoms with E-state index in [0.29, 0.717) is 0 Å². The van der Waals surface area contributed by atoms with Gasteiger partial charge in [-0.3, -0.25) is 0 Å². The van der Waals surface area contributed by atoms with Gasteiger partial charge in [0.1, 0.15) is 0 Å². The van der Waals surface area contributed by atoms with Gasteiger partial charge in [0.25, 0.3) is 0 Å². The van der Waals surface area contributed by atoms with Gasteiger partial charge in [-0.2, -0.15) is 0 Å². The highest BCUT2D eigenvalue weighted by Gasteiger charge is 2.23. The van der Waals surface area contributed by atoms with Crippen LogP contribution in [0.5, 0.6) is 0 Å². The van der Waals surface area contributed by atoms with Crippen molar-refractivity contribution in [3.05, 3.63) is 0 Å². The highest BCUT2D eigenvalue weighted by atomic mass is 15.1. The fourth-order valence-electron chi connectivity index (χ4n) is 3.05. The van der Waals surface area contributed by atoms with Crippen LogP contribution in [0.3, 0.4) is 0 Å². The summed E-state index contributed by atoms with van der Waals surface area (Å²) in [5.74, 6) is 1.90. The van der Waals surface area contributed by atoms with Gasteiger partial charge in [0, 0.05) is 12.6 Å². The topological polar surface area (TPSA) is 3.24 Å². The Morgan fingerprint density at radius 1 is 1.12 bits per heavy atom. The molecule has 1 atom stereocenters. The van der Waals surface area contributed by atoms with Crippen LogP contribution in [0, 0.1) is 11.8 Å². The number of hydrogen-bond donors (Lipinski definition) is 0. The fraction of sp³-hybridized carbons (Fsp3) is 1.00. The molecule has 1 rings (SSSR count). The van der Waals surface area contributed by atoms with Gasteiger partial charge in [-0.05, 0) is 44.6 Å². The summed E-state index contributed by atoms with van der Waals surface area (Å²) < 4.78 is 0. The molecule has 0 saturated heterocycles. The van der Waals surface area contributed by atoms with Crippen molar-refractivity contribution < 1.29 is 0 Å². The maximum Gasteiger partial charge on any atom is 0.00925 e. The molecule has 1 aliphatic carbocycles. The maximum atomic E-state index is 2.62. The maximum absolute atomic E-state index is 2.62. The van der Waals surface area contributed by atoms with Gasteiger partial charge in [-0.25, -0.2) is 0 Å². The summed E-state index contributed by atoms with van der Waals surface area (Å²) in [6, 6.07) is 0.877. The summed E-state index contributed by atoms with van der Waals surface area (Å²) in [6.07, 6.45) is 9.98. The van der Waals surface area contributed by atoms with Crippen LogP contribution in [0.25, 0.3) is 0 Å². The molecule has 0 aromatic rings. The van der Waals surface area contributed by atoms with Gasteiger partial charge < -0.3 is 4.90 Å². The molecule has 0 amide bonds.